The first-order valence-electron chi connectivity index (χ1n) is 5.89. The van der Waals surface area contributed by atoms with Crippen molar-refractivity contribution in [3.05, 3.63) is 34.3 Å². The molecule has 0 bridgehead atoms. The van der Waals surface area contributed by atoms with Gasteiger partial charge in [0.1, 0.15) is 5.75 Å². The van der Waals surface area contributed by atoms with Crippen molar-refractivity contribution in [1.29, 1.82) is 0 Å². The lowest BCUT2D eigenvalue weighted by atomic mass is 10.3. The van der Waals surface area contributed by atoms with Crippen molar-refractivity contribution in [2.75, 3.05) is 14.2 Å². The Morgan fingerprint density at radius 3 is 2.81 bits per heavy atom. The highest BCUT2D eigenvalue weighted by Gasteiger charge is 2.16. The topological polar surface area (TPSA) is 65.7 Å². The fraction of sp³-hybridized carbons (Fsp3) is 0.154. The highest BCUT2D eigenvalue weighted by atomic mass is 35.5. The van der Waals surface area contributed by atoms with E-state index in [1.165, 1.54) is 24.5 Å². The van der Waals surface area contributed by atoms with Crippen LogP contribution in [0.25, 0.3) is 16.3 Å². The lowest BCUT2D eigenvalue weighted by Crippen LogP contribution is -2.03. The third-order valence-electron chi connectivity index (χ3n) is 2.91. The number of methoxy groups -OCH3 is 2. The largest absolute Gasteiger partial charge is 0.496 e. The first-order valence-corrected chi connectivity index (χ1v) is 7.15. The molecule has 0 atom stereocenters. The third-order valence-corrected chi connectivity index (χ3v) is 4.10. The lowest BCUT2D eigenvalue weighted by molar-refractivity contribution is 0.0600. The van der Waals surface area contributed by atoms with Crippen LogP contribution in [0.1, 0.15) is 10.4 Å². The maximum Gasteiger partial charge on any atom is 0.339 e. The number of hydrogen-bond donors (Lipinski definition) is 0. The molecule has 0 aliphatic carbocycles. The predicted octanol–water partition coefficient (Wildman–Crippen LogP) is 2.91. The molecule has 3 rings (SSSR count). The van der Waals surface area contributed by atoms with Gasteiger partial charge in [0.25, 0.3) is 0 Å². The summed E-state index contributed by atoms with van der Waals surface area (Å²) < 4.78 is 11.5. The van der Waals surface area contributed by atoms with Gasteiger partial charge in [-0.25, -0.2) is 4.79 Å². The summed E-state index contributed by atoms with van der Waals surface area (Å²) in [6.07, 6.45) is 1.61. The standard InChI is InChI=1S/C13H10ClN3O3S/c1-19-8-4-10(21-6-8)12-16-15-11-9(14)3-7(5-17(11)12)13(18)20-2/h3-6H,1-2H3. The molecular weight excluding hydrogens is 314 g/mol. The van der Waals surface area contributed by atoms with Crippen LogP contribution in [0.3, 0.4) is 0 Å². The Morgan fingerprint density at radius 2 is 2.14 bits per heavy atom. The highest BCUT2D eigenvalue weighted by Crippen LogP contribution is 2.31. The number of pyridine rings is 1. The van der Waals surface area contributed by atoms with Crippen LogP contribution in [0.5, 0.6) is 5.75 Å². The van der Waals surface area contributed by atoms with Crippen LogP contribution >= 0.6 is 22.9 Å². The first kappa shape index (κ1) is 13.8. The van der Waals surface area contributed by atoms with Gasteiger partial charge in [-0.05, 0) is 6.07 Å². The van der Waals surface area contributed by atoms with Crippen LogP contribution in [-0.4, -0.2) is 34.8 Å². The summed E-state index contributed by atoms with van der Waals surface area (Å²) in [6.45, 7) is 0. The van der Waals surface area contributed by atoms with Crippen molar-refractivity contribution in [3.63, 3.8) is 0 Å². The molecule has 0 spiro atoms. The molecule has 0 aromatic carbocycles. The number of nitrogens with zero attached hydrogens (tertiary/aromatic N) is 3. The van der Waals surface area contributed by atoms with Gasteiger partial charge in [0, 0.05) is 17.6 Å². The van der Waals surface area contributed by atoms with Crippen LogP contribution in [0.2, 0.25) is 5.02 Å². The van der Waals surface area contributed by atoms with Crippen LogP contribution in [0.15, 0.2) is 23.7 Å². The van der Waals surface area contributed by atoms with Gasteiger partial charge in [0.2, 0.25) is 0 Å². The zero-order chi connectivity index (χ0) is 15.0. The summed E-state index contributed by atoms with van der Waals surface area (Å²) in [4.78, 5) is 12.5. The molecule has 6 nitrogen and oxygen atoms in total. The minimum atomic E-state index is -0.470. The van der Waals surface area contributed by atoms with E-state index in [4.69, 9.17) is 21.1 Å². The Morgan fingerprint density at radius 1 is 1.33 bits per heavy atom. The fourth-order valence-electron chi connectivity index (χ4n) is 1.89. The number of halogens is 1. The molecule has 0 saturated heterocycles. The van der Waals surface area contributed by atoms with E-state index in [1.807, 2.05) is 11.4 Å². The van der Waals surface area contributed by atoms with E-state index in [-0.39, 0.29) is 0 Å². The summed E-state index contributed by atoms with van der Waals surface area (Å²) in [5.74, 6) is 0.857. The zero-order valence-corrected chi connectivity index (χ0v) is 12.7. The van der Waals surface area contributed by atoms with Crippen molar-refractivity contribution >= 4 is 34.6 Å². The van der Waals surface area contributed by atoms with Crippen molar-refractivity contribution in [1.82, 2.24) is 14.6 Å². The number of carbonyl (C=O) groups is 1. The molecular formula is C13H10ClN3O3S. The van der Waals surface area contributed by atoms with Gasteiger partial charge in [0.15, 0.2) is 11.5 Å². The van der Waals surface area contributed by atoms with Gasteiger partial charge in [-0.3, -0.25) is 4.40 Å². The molecule has 8 heteroatoms. The smallest absolute Gasteiger partial charge is 0.339 e. The summed E-state index contributed by atoms with van der Waals surface area (Å²) >= 11 is 7.61. The molecule has 0 aliphatic heterocycles. The fourth-order valence-corrected chi connectivity index (χ4v) is 2.98. The maximum atomic E-state index is 11.7. The van der Waals surface area contributed by atoms with Gasteiger partial charge in [-0.15, -0.1) is 21.5 Å². The Kier molecular flexibility index (Phi) is 3.52. The number of esters is 1. The van der Waals surface area contributed by atoms with Crippen molar-refractivity contribution in [3.8, 4) is 16.5 Å². The molecule has 3 heterocycles. The second kappa shape index (κ2) is 5.34. The van der Waals surface area contributed by atoms with E-state index in [0.29, 0.717) is 22.1 Å². The van der Waals surface area contributed by atoms with Crippen LogP contribution in [-0.2, 0) is 4.74 Å². The summed E-state index contributed by atoms with van der Waals surface area (Å²) in [6, 6.07) is 3.36. The maximum absolute atomic E-state index is 11.7. The zero-order valence-electron chi connectivity index (χ0n) is 11.2. The number of rotatable bonds is 3. The molecule has 3 aromatic rings. The van der Waals surface area contributed by atoms with Gasteiger partial charge >= 0.3 is 5.97 Å². The Labute approximate surface area is 128 Å². The number of hydrogen-bond acceptors (Lipinski definition) is 6. The first-order chi connectivity index (χ1) is 10.1. The van der Waals surface area contributed by atoms with E-state index >= 15 is 0 Å². The normalized spacial score (nSPS) is 10.8. The summed E-state index contributed by atoms with van der Waals surface area (Å²) in [5, 5.41) is 10.4. The third kappa shape index (κ3) is 2.34. The van der Waals surface area contributed by atoms with Crippen molar-refractivity contribution < 1.29 is 14.3 Å². The van der Waals surface area contributed by atoms with Gasteiger partial charge < -0.3 is 9.47 Å². The minimum Gasteiger partial charge on any atom is -0.496 e. The van der Waals surface area contributed by atoms with E-state index in [9.17, 15) is 4.79 Å². The van der Waals surface area contributed by atoms with Crippen LogP contribution in [0, 0.1) is 0 Å². The second-order valence-electron chi connectivity index (χ2n) is 4.14. The van der Waals surface area contributed by atoms with E-state index < -0.39 is 5.97 Å². The molecule has 0 amide bonds. The monoisotopic (exact) mass is 323 g/mol. The molecule has 0 saturated carbocycles. The van der Waals surface area contributed by atoms with Crippen molar-refractivity contribution in [2.24, 2.45) is 0 Å². The highest BCUT2D eigenvalue weighted by molar-refractivity contribution is 7.13. The molecule has 0 unspecified atom stereocenters. The predicted molar refractivity (Wildman–Crippen MR) is 79.2 cm³/mol. The summed E-state index contributed by atoms with van der Waals surface area (Å²) in [7, 11) is 2.91. The van der Waals surface area contributed by atoms with Crippen molar-refractivity contribution in [2.45, 2.75) is 0 Å². The Bertz CT molecular complexity index is 827. The molecule has 21 heavy (non-hydrogen) atoms. The summed E-state index contributed by atoms with van der Waals surface area (Å²) in [5.41, 5.74) is 0.811. The van der Waals surface area contributed by atoms with Gasteiger partial charge in [-0.2, -0.15) is 0 Å². The average Bonchev–Trinajstić information content (AvgIpc) is 3.12. The van der Waals surface area contributed by atoms with E-state index in [0.717, 1.165) is 10.6 Å². The molecule has 0 N–H and O–H groups in total. The SMILES string of the molecule is COC(=O)c1cc(Cl)c2nnc(-c3cc(OC)cs3)n2c1. The number of ether oxygens (including phenoxy) is 2. The molecule has 0 fully saturated rings. The molecule has 0 radical (unpaired) electrons. The second-order valence-corrected chi connectivity index (χ2v) is 5.45. The van der Waals surface area contributed by atoms with Crippen LogP contribution in [0.4, 0.5) is 0 Å². The lowest BCUT2D eigenvalue weighted by Gasteiger charge is -2.03. The molecule has 0 aliphatic rings. The van der Waals surface area contributed by atoms with E-state index in [1.54, 1.807) is 17.7 Å². The number of fused-ring (bicyclic) bond motifs is 1. The molecule has 3 aromatic heterocycles. The average molecular weight is 324 g/mol. The number of aromatic nitrogens is 3. The van der Waals surface area contributed by atoms with Gasteiger partial charge in [0.05, 0.1) is 29.7 Å². The number of thiophene rings is 1. The quantitative estimate of drug-likeness (QED) is 0.693. The Balaban J connectivity index is 2.19. The number of carbonyl (C=O) groups excluding carboxylic acids is 1. The van der Waals surface area contributed by atoms with Crippen LogP contribution < -0.4 is 4.74 Å². The molecule has 108 valence electrons. The van der Waals surface area contributed by atoms with E-state index in [2.05, 4.69) is 10.2 Å². The minimum absolute atomic E-state index is 0.333. The van der Waals surface area contributed by atoms with Gasteiger partial charge in [-0.1, -0.05) is 11.6 Å². The Hall–Kier alpha value is -2.12.